The summed E-state index contributed by atoms with van der Waals surface area (Å²) in [6.45, 7) is 3.49. The van der Waals surface area contributed by atoms with Crippen LogP contribution in [0.5, 0.6) is 0 Å². The van der Waals surface area contributed by atoms with Gasteiger partial charge in [-0.2, -0.15) is 0 Å². The second-order valence-corrected chi connectivity index (χ2v) is 15.7. The molecule has 0 saturated carbocycles. The van der Waals surface area contributed by atoms with Gasteiger partial charge in [-0.25, -0.2) is 4.57 Å². The number of hydrogen-bond donors (Lipinski definition) is 3. The van der Waals surface area contributed by atoms with Crippen molar-refractivity contribution in [2.24, 2.45) is 0 Å². The number of carbonyl (C=O) groups excluding carboxylic acids is 2. The first kappa shape index (κ1) is 51.2. The molecule has 0 aliphatic heterocycles. The number of hydrogen-bond acceptors (Lipinski definition) is 7. The number of allylic oxidation sites excluding steroid dienone is 5. The highest BCUT2D eigenvalue weighted by atomic mass is 31.2. The van der Waals surface area contributed by atoms with Crippen LogP contribution < -0.4 is 0 Å². The molecule has 0 radical (unpaired) electrons. The summed E-state index contributed by atoms with van der Waals surface area (Å²) in [7, 11) is -4.77. The Hall–Kier alpha value is -1.77. The minimum absolute atomic E-state index is 0.195. The fraction of sp³-hybridized carbons (Fsp3) is 0.814. The first-order chi connectivity index (χ1) is 25.7. The largest absolute Gasteiger partial charge is 0.469 e. The van der Waals surface area contributed by atoms with Crippen LogP contribution in [-0.4, -0.2) is 52.3 Å². The Morgan fingerprint density at radius 1 is 0.585 bits per heavy atom. The number of aliphatic hydroxyl groups is 1. The van der Waals surface area contributed by atoms with Gasteiger partial charge in [0.05, 0.1) is 12.7 Å². The van der Waals surface area contributed by atoms with Gasteiger partial charge in [-0.1, -0.05) is 192 Å². The molecular weight excluding hydrogens is 691 g/mol. The number of aliphatic hydroxyl groups excluding tert-OH is 1. The van der Waals surface area contributed by atoms with Gasteiger partial charge in [0.25, 0.3) is 0 Å². The molecule has 0 saturated heterocycles. The van der Waals surface area contributed by atoms with Crippen LogP contribution >= 0.6 is 7.82 Å². The normalized spacial score (nSPS) is 13.4. The van der Waals surface area contributed by atoms with Gasteiger partial charge in [0.15, 0.2) is 6.10 Å². The molecule has 0 aromatic carbocycles. The molecule has 3 N–H and O–H groups in total. The Labute approximate surface area is 324 Å². The molecule has 0 aliphatic carbocycles. The van der Waals surface area contributed by atoms with E-state index in [2.05, 4.69) is 30.5 Å². The van der Waals surface area contributed by atoms with Crippen molar-refractivity contribution >= 4 is 19.8 Å². The van der Waals surface area contributed by atoms with Crippen molar-refractivity contribution in [3.63, 3.8) is 0 Å². The SMILES string of the molecule is CC/C=C/C/C=C/C=C/C(O)CCCCCCCC(=O)OC[C@H](COP(=O)(O)O)OC(=O)CCCCCCCCCCCCCCCCCCCCC. The Morgan fingerprint density at radius 3 is 1.55 bits per heavy atom. The molecule has 10 heteroatoms. The lowest BCUT2D eigenvalue weighted by Crippen LogP contribution is -2.29. The maximum Gasteiger partial charge on any atom is 0.469 e. The van der Waals surface area contributed by atoms with Crippen LogP contribution in [0, 0.1) is 0 Å². The first-order valence-electron chi connectivity index (χ1n) is 21.4. The Kier molecular flexibility index (Phi) is 37.2. The van der Waals surface area contributed by atoms with Gasteiger partial charge in [-0.15, -0.1) is 0 Å². The Morgan fingerprint density at radius 2 is 1.06 bits per heavy atom. The summed E-state index contributed by atoms with van der Waals surface area (Å²) in [5.41, 5.74) is 0. The fourth-order valence-corrected chi connectivity index (χ4v) is 6.45. The van der Waals surface area contributed by atoms with E-state index >= 15 is 0 Å². The predicted molar refractivity (Wildman–Crippen MR) is 218 cm³/mol. The number of carbonyl (C=O) groups is 2. The van der Waals surface area contributed by atoms with E-state index in [-0.39, 0.29) is 19.4 Å². The molecule has 0 spiro atoms. The molecule has 0 aliphatic rings. The smallest absolute Gasteiger partial charge is 0.462 e. The lowest BCUT2D eigenvalue weighted by atomic mass is 10.0. The van der Waals surface area contributed by atoms with E-state index in [0.717, 1.165) is 57.8 Å². The van der Waals surface area contributed by atoms with Gasteiger partial charge in [-0.3, -0.25) is 14.1 Å². The van der Waals surface area contributed by atoms with Crippen LogP contribution in [0.15, 0.2) is 36.5 Å². The molecule has 0 aromatic rings. The van der Waals surface area contributed by atoms with Gasteiger partial charge in [-0.05, 0) is 32.1 Å². The van der Waals surface area contributed by atoms with E-state index in [1.54, 1.807) is 6.08 Å². The monoisotopic (exact) mass is 771 g/mol. The molecule has 2 atom stereocenters. The highest BCUT2D eigenvalue weighted by molar-refractivity contribution is 7.46. The van der Waals surface area contributed by atoms with Crippen molar-refractivity contribution in [3.05, 3.63) is 36.5 Å². The maximum absolute atomic E-state index is 12.4. The van der Waals surface area contributed by atoms with E-state index < -0.39 is 38.6 Å². The minimum Gasteiger partial charge on any atom is -0.462 e. The summed E-state index contributed by atoms with van der Waals surface area (Å²) >= 11 is 0. The lowest BCUT2D eigenvalue weighted by Gasteiger charge is -2.18. The van der Waals surface area contributed by atoms with E-state index in [1.165, 1.54) is 96.3 Å². The van der Waals surface area contributed by atoms with Crippen molar-refractivity contribution in [2.45, 2.75) is 212 Å². The quantitative estimate of drug-likeness (QED) is 0.0183. The number of phosphoric ester groups is 1. The predicted octanol–water partition coefficient (Wildman–Crippen LogP) is 11.9. The van der Waals surface area contributed by atoms with Gasteiger partial charge >= 0.3 is 19.8 Å². The van der Waals surface area contributed by atoms with Crippen molar-refractivity contribution < 1.29 is 43.0 Å². The van der Waals surface area contributed by atoms with Crippen LogP contribution in [0.1, 0.15) is 200 Å². The third-order valence-electron chi connectivity index (χ3n) is 9.28. The minimum atomic E-state index is -4.77. The van der Waals surface area contributed by atoms with Crippen LogP contribution in [0.25, 0.3) is 0 Å². The standard InChI is InChI=1S/C43H79O9P/c1-3-5-7-9-11-12-13-14-15-16-17-18-19-20-21-22-24-28-33-37-43(46)52-41(39-51-53(47,48)49)38-50-42(45)36-32-29-25-27-31-35-40(44)34-30-26-23-10-8-6-4-2/h6,8,23,26,30,34,40-41,44H,3-5,7,9-22,24-25,27-29,31-33,35-39H2,1-2H3,(H2,47,48,49)/b8-6+,26-23+,34-30+/t40?,41-/m1/s1. The summed E-state index contributed by atoms with van der Waals surface area (Å²) in [5, 5.41) is 10.1. The number of rotatable bonds is 39. The molecular formula is C43H79O9P. The molecule has 0 amide bonds. The second-order valence-electron chi connectivity index (χ2n) is 14.5. The van der Waals surface area contributed by atoms with Gasteiger partial charge in [0.2, 0.25) is 0 Å². The highest BCUT2D eigenvalue weighted by Gasteiger charge is 2.23. The number of unbranched alkanes of at least 4 members (excludes halogenated alkanes) is 22. The lowest BCUT2D eigenvalue weighted by molar-refractivity contribution is -0.161. The number of ether oxygens (including phenoxy) is 2. The van der Waals surface area contributed by atoms with Crippen LogP contribution in [0.3, 0.4) is 0 Å². The zero-order valence-corrected chi connectivity index (χ0v) is 34.7. The molecule has 0 rings (SSSR count). The van der Waals surface area contributed by atoms with Crippen LogP contribution in [-0.2, 0) is 28.2 Å². The maximum atomic E-state index is 12.4. The summed E-state index contributed by atoms with van der Waals surface area (Å²) in [6, 6.07) is 0. The van der Waals surface area contributed by atoms with Crippen LogP contribution in [0.4, 0.5) is 0 Å². The number of phosphoric acid groups is 1. The van der Waals surface area contributed by atoms with Crippen molar-refractivity contribution in [1.82, 2.24) is 0 Å². The summed E-state index contributed by atoms with van der Waals surface area (Å²) in [6.07, 6.45) is 41.7. The Bertz CT molecular complexity index is 975. The second kappa shape index (κ2) is 38.5. The molecule has 0 bridgehead atoms. The van der Waals surface area contributed by atoms with Crippen LogP contribution in [0.2, 0.25) is 0 Å². The molecule has 0 aromatic heterocycles. The first-order valence-corrected chi connectivity index (χ1v) is 22.9. The van der Waals surface area contributed by atoms with Gasteiger partial charge < -0.3 is 24.4 Å². The van der Waals surface area contributed by atoms with Gasteiger partial charge in [0.1, 0.15) is 6.61 Å². The van der Waals surface area contributed by atoms with Crippen molar-refractivity contribution in [1.29, 1.82) is 0 Å². The molecule has 0 heterocycles. The zero-order chi connectivity index (χ0) is 39.1. The van der Waals surface area contributed by atoms with E-state index in [1.807, 2.05) is 18.2 Å². The third kappa shape index (κ3) is 41.2. The molecule has 53 heavy (non-hydrogen) atoms. The summed E-state index contributed by atoms with van der Waals surface area (Å²) in [5.74, 6) is -0.955. The molecule has 0 fully saturated rings. The summed E-state index contributed by atoms with van der Waals surface area (Å²) in [4.78, 5) is 42.9. The van der Waals surface area contributed by atoms with E-state index in [4.69, 9.17) is 19.3 Å². The number of esters is 2. The molecule has 9 nitrogen and oxygen atoms in total. The third-order valence-corrected chi connectivity index (χ3v) is 9.76. The van der Waals surface area contributed by atoms with E-state index in [0.29, 0.717) is 19.3 Å². The average molecular weight is 771 g/mol. The van der Waals surface area contributed by atoms with Crippen molar-refractivity contribution in [2.75, 3.05) is 13.2 Å². The molecule has 310 valence electrons. The highest BCUT2D eigenvalue weighted by Crippen LogP contribution is 2.36. The average Bonchev–Trinajstić information content (AvgIpc) is 3.12. The summed E-state index contributed by atoms with van der Waals surface area (Å²) < 4.78 is 26.4. The topological polar surface area (TPSA) is 140 Å². The van der Waals surface area contributed by atoms with E-state index in [9.17, 15) is 19.3 Å². The fourth-order valence-electron chi connectivity index (χ4n) is 6.09. The molecule has 1 unspecified atom stereocenters. The Balaban J connectivity index is 3.95. The van der Waals surface area contributed by atoms with Gasteiger partial charge in [0, 0.05) is 12.8 Å². The van der Waals surface area contributed by atoms with Crippen molar-refractivity contribution in [3.8, 4) is 0 Å². The zero-order valence-electron chi connectivity index (χ0n) is 33.8.